The van der Waals surface area contributed by atoms with Crippen LogP contribution in [0, 0.1) is 0 Å². The van der Waals surface area contributed by atoms with Gasteiger partial charge in [0.15, 0.2) is 0 Å². The van der Waals surface area contributed by atoms with Crippen LogP contribution in [0.3, 0.4) is 0 Å². The molecule has 11 aromatic rings. The fourth-order valence-electron chi connectivity index (χ4n) is 11.0. The molecular weight excluding hydrogens is 821 g/mol. The van der Waals surface area contributed by atoms with E-state index in [1.807, 2.05) is 0 Å². The standard InChI is InChI=1S/C66H48N2/c1-2-16-48(17-3-1)60-28-14-30-64(68-63-29-11-10-26-61(63)62-43-51-20-6-7-21-52(51)44-65(62)68)66(60)49-35-39-56(40-36-49)67(55-37-33-46(34-38-55)53-32-31-45-15-4-5-19-50(45)41-53)57-24-12-23-54(42-57)59-27-13-22-47-18-8-9-25-58(47)59/h1-6,8-11,13-20,22-23,25-44H,7,12,21,24H2. The molecule has 0 spiro atoms. The molecule has 322 valence electrons. The van der Waals surface area contributed by atoms with E-state index in [1.54, 1.807) is 0 Å². The molecule has 10 aromatic carbocycles. The van der Waals surface area contributed by atoms with Crippen LogP contribution >= 0.6 is 0 Å². The lowest BCUT2D eigenvalue weighted by atomic mass is 9.91. The Bertz CT molecular complexity index is 3820. The van der Waals surface area contributed by atoms with Crippen LogP contribution in [0.5, 0.6) is 0 Å². The summed E-state index contributed by atoms with van der Waals surface area (Å²) in [6.45, 7) is 0. The van der Waals surface area contributed by atoms with Crippen molar-refractivity contribution in [3.05, 3.63) is 259 Å². The van der Waals surface area contributed by atoms with Gasteiger partial charge in [-0.05, 0) is 158 Å². The Kier molecular flexibility index (Phi) is 9.83. The predicted octanol–water partition coefficient (Wildman–Crippen LogP) is 17.9. The molecule has 2 heteroatoms. The molecule has 0 fully saturated rings. The first-order valence-corrected chi connectivity index (χ1v) is 24.0. The van der Waals surface area contributed by atoms with Crippen molar-refractivity contribution in [2.75, 3.05) is 4.90 Å². The lowest BCUT2D eigenvalue weighted by Gasteiger charge is -2.30. The maximum Gasteiger partial charge on any atom is 0.0546 e. The van der Waals surface area contributed by atoms with Crippen molar-refractivity contribution < 1.29 is 0 Å². The summed E-state index contributed by atoms with van der Waals surface area (Å²) < 4.78 is 2.52. The zero-order valence-electron chi connectivity index (χ0n) is 37.8. The van der Waals surface area contributed by atoms with E-state index in [9.17, 15) is 0 Å². The molecule has 0 amide bonds. The molecule has 0 aliphatic heterocycles. The topological polar surface area (TPSA) is 8.17 Å². The minimum absolute atomic E-state index is 0.927. The molecule has 2 nitrogen and oxygen atoms in total. The summed E-state index contributed by atoms with van der Waals surface area (Å²) in [6.07, 6.45) is 13.5. The SMILES string of the molecule is C1=Cc2cc3c4ccccc4n(-c4cccc(-c5ccccc5)c4-c4ccc(N(C5=CC(c6cccc7ccccc67)=CCC5)c5ccc(-c6ccc7ccccc7c6)cc5)cc4)c3cc2CC1. The lowest BCUT2D eigenvalue weighted by Crippen LogP contribution is -2.18. The molecule has 1 heterocycles. The maximum atomic E-state index is 2.52. The number of benzene rings is 10. The van der Waals surface area contributed by atoms with Gasteiger partial charge in [-0.15, -0.1) is 0 Å². The number of aromatic nitrogens is 1. The van der Waals surface area contributed by atoms with E-state index in [2.05, 4.69) is 252 Å². The van der Waals surface area contributed by atoms with E-state index in [-0.39, 0.29) is 0 Å². The zero-order chi connectivity index (χ0) is 45.0. The Balaban J connectivity index is 0.968. The Morgan fingerprint density at radius 2 is 1.09 bits per heavy atom. The number of fused-ring (bicyclic) bond motifs is 6. The van der Waals surface area contributed by atoms with Crippen molar-refractivity contribution in [1.82, 2.24) is 4.57 Å². The third-order valence-corrected chi connectivity index (χ3v) is 14.3. The smallest absolute Gasteiger partial charge is 0.0546 e. The maximum absolute atomic E-state index is 2.52. The van der Waals surface area contributed by atoms with Gasteiger partial charge in [-0.1, -0.05) is 182 Å². The van der Waals surface area contributed by atoms with Gasteiger partial charge in [-0.25, -0.2) is 0 Å². The highest BCUT2D eigenvalue weighted by Gasteiger charge is 2.23. The van der Waals surface area contributed by atoms with Crippen molar-refractivity contribution in [1.29, 1.82) is 0 Å². The van der Waals surface area contributed by atoms with Gasteiger partial charge in [-0.2, -0.15) is 0 Å². The first-order valence-electron chi connectivity index (χ1n) is 24.0. The van der Waals surface area contributed by atoms with E-state index in [0.29, 0.717) is 0 Å². The van der Waals surface area contributed by atoms with Gasteiger partial charge in [0.25, 0.3) is 0 Å². The van der Waals surface area contributed by atoms with Gasteiger partial charge < -0.3 is 9.47 Å². The Hall–Kier alpha value is -8.46. The zero-order valence-corrected chi connectivity index (χ0v) is 37.8. The van der Waals surface area contributed by atoms with Gasteiger partial charge >= 0.3 is 0 Å². The minimum atomic E-state index is 0.927. The number of hydrogen-bond acceptors (Lipinski definition) is 1. The second-order valence-electron chi connectivity index (χ2n) is 18.3. The predicted molar refractivity (Wildman–Crippen MR) is 290 cm³/mol. The molecule has 0 saturated heterocycles. The van der Waals surface area contributed by atoms with Gasteiger partial charge in [0.2, 0.25) is 0 Å². The molecule has 0 unspecified atom stereocenters. The largest absolute Gasteiger partial charge is 0.314 e. The van der Waals surface area contributed by atoms with Gasteiger partial charge in [0.1, 0.15) is 0 Å². The Morgan fingerprint density at radius 3 is 1.93 bits per heavy atom. The summed E-state index contributed by atoms with van der Waals surface area (Å²) in [4.78, 5) is 2.49. The summed E-state index contributed by atoms with van der Waals surface area (Å²) >= 11 is 0. The van der Waals surface area contributed by atoms with E-state index in [1.165, 1.54) is 110 Å². The van der Waals surface area contributed by atoms with Crippen LogP contribution in [-0.2, 0) is 6.42 Å². The number of allylic oxidation sites excluding steroid dienone is 5. The Labute approximate surface area is 397 Å². The van der Waals surface area contributed by atoms with Crippen molar-refractivity contribution in [3.8, 4) is 39.1 Å². The van der Waals surface area contributed by atoms with Crippen LogP contribution in [0.15, 0.2) is 242 Å². The van der Waals surface area contributed by atoms with Crippen LogP contribution in [0.25, 0.3) is 94.1 Å². The highest BCUT2D eigenvalue weighted by atomic mass is 15.1. The van der Waals surface area contributed by atoms with Crippen LogP contribution < -0.4 is 4.90 Å². The van der Waals surface area contributed by atoms with Crippen LogP contribution in [-0.4, -0.2) is 4.57 Å². The summed E-state index contributed by atoms with van der Waals surface area (Å²) in [6, 6.07) is 80.9. The number of nitrogens with zero attached hydrogens (tertiary/aromatic N) is 2. The fraction of sp³-hybridized carbons (Fsp3) is 0.0606. The van der Waals surface area contributed by atoms with E-state index >= 15 is 0 Å². The molecule has 0 radical (unpaired) electrons. The number of anilines is 2. The van der Waals surface area contributed by atoms with Gasteiger partial charge in [0, 0.05) is 33.4 Å². The van der Waals surface area contributed by atoms with Gasteiger partial charge in [0.05, 0.1) is 16.7 Å². The first kappa shape index (κ1) is 39.9. The number of rotatable bonds is 8. The molecule has 0 bridgehead atoms. The monoisotopic (exact) mass is 868 g/mol. The fourth-order valence-corrected chi connectivity index (χ4v) is 11.0. The minimum Gasteiger partial charge on any atom is -0.314 e. The third-order valence-electron chi connectivity index (χ3n) is 14.3. The second kappa shape index (κ2) is 16.8. The van der Waals surface area contributed by atoms with Crippen molar-refractivity contribution >= 4 is 66.4 Å². The normalized spacial score (nSPS) is 13.5. The van der Waals surface area contributed by atoms with E-state index < -0.39 is 0 Å². The van der Waals surface area contributed by atoms with E-state index in [0.717, 1.165) is 37.1 Å². The molecule has 2 aliphatic rings. The number of para-hydroxylation sites is 1. The van der Waals surface area contributed by atoms with Crippen LogP contribution in [0.4, 0.5) is 11.4 Å². The van der Waals surface area contributed by atoms with Gasteiger partial charge in [-0.3, -0.25) is 0 Å². The lowest BCUT2D eigenvalue weighted by molar-refractivity contribution is 0.921. The van der Waals surface area contributed by atoms with Crippen molar-refractivity contribution in [3.63, 3.8) is 0 Å². The summed E-state index contributed by atoms with van der Waals surface area (Å²) in [5, 5.41) is 7.61. The highest BCUT2D eigenvalue weighted by molar-refractivity contribution is 6.11. The highest BCUT2D eigenvalue weighted by Crippen LogP contribution is 2.44. The molecule has 0 atom stereocenters. The molecule has 0 N–H and O–H groups in total. The molecular formula is C66H48N2. The van der Waals surface area contributed by atoms with Crippen molar-refractivity contribution in [2.24, 2.45) is 0 Å². The number of hydrogen-bond donors (Lipinski definition) is 0. The first-order chi connectivity index (χ1) is 33.7. The second-order valence-corrected chi connectivity index (χ2v) is 18.3. The summed E-state index contributed by atoms with van der Waals surface area (Å²) in [7, 11) is 0. The molecule has 13 rings (SSSR count). The molecule has 68 heavy (non-hydrogen) atoms. The van der Waals surface area contributed by atoms with E-state index in [4.69, 9.17) is 0 Å². The van der Waals surface area contributed by atoms with Crippen molar-refractivity contribution in [2.45, 2.75) is 25.7 Å². The molecule has 0 saturated carbocycles. The van der Waals surface area contributed by atoms with Crippen LogP contribution in [0.1, 0.15) is 36.0 Å². The average Bonchev–Trinajstić information content (AvgIpc) is 3.73. The molecule has 1 aromatic heterocycles. The summed E-state index contributed by atoms with van der Waals surface area (Å²) in [5.41, 5.74) is 19.7. The Morgan fingerprint density at radius 1 is 0.412 bits per heavy atom. The molecule has 2 aliphatic carbocycles. The summed E-state index contributed by atoms with van der Waals surface area (Å²) in [5.74, 6) is 0. The third kappa shape index (κ3) is 6.96. The number of aryl methyl sites for hydroxylation is 1. The van der Waals surface area contributed by atoms with Crippen LogP contribution in [0.2, 0.25) is 0 Å². The quantitative estimate of drug-likeness (QED) is 0.148. The average molecular weight is 869 g/mol.